The second-order valence-electron chi connectivity index (χ2n) is 5.97. The SMILES string of the molecule is CC(C)C1(CN=C(N)C(C)(C)C)CC1. The maximum Gasteiger partial charge on any atom is 0.0991 e. The van der Waals surface area contributed by atoms with Crippen molar-refractivity contribution in [2.45, 2.75) is 47.5 Å². The zero-order valence-electron chi connectivity index (χ0n) is 10.2. The molecule has 0 radical (unpaired) electrons. The Morgan fingerprint density at radius 2 is 1.86 bits per heavy atom. The van der Waals surface area contributed by atoms with Crippen molar-refractivity contribution in [3.63, 3.8) is 0 Å². The van der Waals surface area contributed by atoms with Gasteiger partial charge in [0, 0.05) is 12.0 Å². The second kappa shape index (κ2) is 3.56. The third-order valence-corrected chi connectivity index (χ3v) is 3.45. The molecule has 14 heavy (non-hydrogen) atoms. The van der Waals surface area contributed by atoms with E-state index in [0.717, 1.165) is 18.3 Å². The Hall–Kier alpha value is -0.530. The molecule has 1 saturated carbocycles. The first-order chi connectivity index (χ1) is 6.28. The topological polar surface area (TPSA) is 38.4 Å². The molecule has 0 unspecified atom stereocenters. The lowest BCUT2D eigenvalue weighted by atomic mass is 9.91. The fraction of sp³-hybridized carbons (Fsp3) is 0.917. The van der Waals surface area contributed by atoms with E-state index in [0.29, 0.717) is 5.41 Å². The highest BCUT2D eigenvalue weighted by atomic mass is 14.9. The normalized spacial score (nSPS) is 21.4. The molecule has 1 fully saturated rings. The highest BCUT2D eigenvalue weighted by molar-refractivity contribution is 5.85. The van der Waals surface area contributed by atoms with Gasteiger partial charge in [-0.25, -0.2) is 0 Å². The van der Waals surface area contributed by atoms with E-state index in [1.807, 2.05) is 0 Å². The molecule has 0 saturated heterocycles. The standard InChI is InChI=1S/C12H24N2/c1-9(2)12(6-7-12)8-14-10(13)11(3,4)5/h9H,6-8H2,1-5H3,(H2,13,14). The average molecular weight is 196 g/mol. The van der Waals surface area contributed by atoms with Gasteiger partial charge < -0.3 is 5.73 Å². The molecular weight excluding hydrogens is 172 g/mol. The summed E-state index contributed by atoms with van der Waals surface area (Å²) in [5.41, 5.74) is 6.44. The zero-order chi connectivity index (χ0) is 11.0. The van der Waals surface area contributed by atoms with Crippen LogP contribution in [0, 0.1) is 16.7 Å². The Labute approximate surface area is 88.0 Å². The minimum absolute atomic E-state index is 0.0209. The fourth-order valence-electron chi connectivity index (χ4n) is 1.56. The van der Waals surface area contributed by atoms with Gasteiger partial charge in [0.25, 0.3) is 0 Å². The molecule has 2 N–H and O–H groups in total. The molecule has 0 atom stereocenters. The smallest absolute Gasteiger partial charge is 0.0991 e. The molecule has 0 bridgehead atoms. The van der Waals surface area contributed by atoms with Crippen LogP contribution in [0.3, 0.4) is 0 Å². The van der Waals surface area contributed by atoms with Gasteiger partial charge in [0.1, 0.15) is 0 Å². The molecule has 0 amide bonds. The van der Waals surface area contributed by atoms with E-state index in [4.69, 9.17) is 5.73 Å². The molecular formula is C12H24N2. The molecule has 2 nitrogen and oxygen atoms in total. The molecule has 1 rings (SSSR count). The van der Waals surface area contributed by atoms with Crippen LogP contribution in [-0.4, -0.2) is 12.4 Å². The molecule has 0 aromatic rings. The van der Waals surface area contributed by atoms with Gasteiger partial charge in [-0.2, -0.15) is 0 Å². The largest absolute Gasteiger partial charge is 0.387 e. The number of rotatable bonds is 3. The number of hydrogen-bond donors (Lipinski definition) is 1. The predicted octanol–water partition coefficient (Wildman–Crippen LogP) is 2.83. The summed E-state index contributed by atoms with van der Waals surface area (Å²) in [4.78, 5) is 4.55. The van der Waals surface area contributed by atoms with Crippen LogP contribution in [0.15, 0.2) is 4.99 Å². The van der Waals surface area contributed by atoms with Crippen LogP contribution in [0.2, 0.25) is 0 Å². The van der Waals surface area contributed by atoms with Crippen molar-refractivity contribution < 1.29 is 0 Å². The maximum absolute atomic E-state index is 5.94. The lowest BCUT2D eigenvalue weighted by Crippen LogP contribution is -2.30. The van der Waals surface area contributed by atoms with Gasteiger partial charge in [-0.15, -0.1) is 0 Å². The van der Waals surface area contributed by atoms with Crippen molar-refractivity contribution in [3.05, 3.63) is 0 Å². The first kappa shape index (κ1) is 11.5. The van der Waals surface area contributed by atoms with Crippen LogP contribution in [0.1, 0.15) is 47.5 Å². The van der Waals surface area contributed by atoms with E-state index >= 15 is 0 Å². The summed E-state index contributed by atoms with van der Waals surface area (Å²) >= 11 is 0. The summed E-state index contributed by atoms with van der Waals surface area (Å²) in [6, 6.07) is 0. The van der Waals surface area contributed by atoms with E-state index in [1.165, 1.54) is 12.8 Å². The maximum atomic E-state index is 5.94. The molecule has 1 aliphatic carbocycles. The van der Waals surface area contributed by atoms with Crippen molar-refractivity contribution in [3.8, 4) is 0 Å². The lowest BCUT2D eigenvalue weighted by molar-refractivity contribution is 0.369. The molecule has 1 aliphatic rings. The molecule has 0 spiro atoms. The average Bonchev–Trinajstić information content (AvgIpc) is 2.78. The van der Waals surface area contributed by atoms with Crippen LogP contribution < -0.4 is 5.73 Å². The van der Waals surface area contributed by atoms with E-state index in [1.54, 1.807) is 0 Å². The van der Waals surface area contributed by atoms with Crippen molar-refractivity contribution in [2.75, 3.05) is 6.54 Å². The molecule has 0 aliphatic heterocycles. The van der Waals surface area contributed by atoms with Crippen LogP contribution in [-0.2, 0) is 0 Å². The third-order valence-electron chi connectivity index (χ3n) is 3.45. The third kappa shape index (κ3) is 2.49. The van der Waals surface area contributed by atoms with E-state index in [2.05, 4.69) is 39.6 Å². The molecule has 2 heteroatoms. The summed E-state index contributed by atoms with van der Waals surface area (Å²) in [6.45, 7) is 11.8. The number of nitrogens with two attached hydrogens (primary N) is 1. The van der Waals surface area contributed by atoms with Crippen LogP contribution >= 0.6 is 0 Å². The Morgan fingerprint density at radius 1 is 1.36 bits per heavy atom. The van der Waals surface area contributed by atoms with Crippen molar-refractivity contribution in [2.24, 2.45) is 27.5 Å². The number of aliphatic imine (C=N–C) groups is 1. The first-order valence-electron chi connectivity index (χ1n) is 5.58. The Balaban J connectivity index is 2.55. The first-order valence-corrected chi connectivity index (χ1v) is 5.58. The highest BCUT2D eigenvalue weighted by Gasteiger charge is 2.45. The summed E-state index contributed by atoms with van der Waals surface area (Å²) in [5, 5.41) is 0. The van der Waals surface area contributed by atoms with Gasteiger partial charge in [-0.1, -0.05) is 34.6 Å². The second-order valence-corrected chi connectivity index (χ2v) is 5.97. The van der Waals surface area contributed by atoms with Gasteiger partial charge in [0.15, 0.2) is 0 Å². The fourth-order valence-corrected chi connectivity index (χ4v) is 1.56. The van der Waals surface area contributed by atoms with Gasteiger partial charge in [-0.3, -0.25) is 4.99 Å². The van der Waals surface area contributed by atoms with Gasteiger partial charge in [-0.05, 0) is 24.2 Å². The van der Waals surface area contributed by atoms with E-state index in [-0.39, 0.29) is 5.41 Å². The summed E-state index contributed by atoms with van der Waals surface area (Å²) in [7, 11) is 0. The van der Waals surface area contributed by atoms with Gasteiger partial charge >= 0.3 is 0 Å². The van der Waals surface area contributed by atoms with Crippen LogP contribution in [0.5, 0.6) is 0 Å². The lowest BCUT2D eigenvalue weighted by Gasteiger charge is -2.21. The zero-order valence-corrected chi connectivity index (χ0v) is 10.2. The quantitative estimate of drug-likeness (QED) is 0.547. The van der Waals surface area contributed by atoms with E-state index in [9.17, 15) is 0 Å². The molecule has 82 valence electrons. The van der Waals surface area contributed by atoms with Gasteiger partial charge in [0.2, 0.25) is 0 Å². The molecule has 0 heterocycles. The van der Waals surface area contributed by atoms with Crippen molar-refractivity contribution in [1.29, 1.82) is 0 Å². The Bertz CT molecular complexity index is 229. The van der Waals surface area contributed by atoms with E-state index < -0.39 is 0 Å². The minimum Gasteiger partial charge on any atom is -0.387 e. The summed E-state index contributed by atoms with van der Waals surface area (Å²) in [5.74, 6) is 1.53. The predicted molar refractivity (Wildman–Crippen MR) is 62.4 cm³/mol. The number of amidine groups is 1. The summed E-state index contributed by atoms with van der Waals surface area (Å²) < 4.78 is 0. The Kier molecular flexibility index (Phi) is 2.93. The molecule has 0 aromatic carbocycles. The van der Waals surface area contributed by atoms with Gasteiger partial charge in [0.05, 0.1) is 5.84 Å². The Morgan fingerprint density at radius 3 is 2.14 bits per heavy atom. The number of hydrogen-bond acceptors (Lipinski definition) is 1. The minimum atomic E-state index is 0.0209. The highest BCUT2D eigenvalue weighted by Crippen LogP contribution is 2.52. The van der Waals surface area contributed by atoms with Crippen LogP contribution in [0.25, 0.3) is 0 Å². The monoisotopic (exact) mass is 196 g/mol. The van der Waals surface area contributed by atoms with Crippen LogP contribution in [0.4, 0.5) is 0 Å². The molecule has 0 aromatic heterocycles. The summed E-state index contributed by atoms with van der Waals surface area (Å²) in [6.07, 6.45) is 2.65. The van der Waals surface area contributed by atoms with Crippen molar-refractivity contribution >= 4 is 5.84 Å². The number of nitrogens with zero attached hydrogens (tertiary/aromatic N) is 1. The van der Waals surface area contributed by atoms with Crippen molar-refractivity contribution in [1.82, 2.24) is 0 Å².